The van der Waals surface area contributed by atoms with E-state index >= 15 is 0 Å². The van der Waals surface area contributed by atoms with E-state index in [4.69, 9.17) is 5.73 Å². The Morgan fingerprint density at radius 3 is 2.80 bits per heavy atom. The van der Waals surface area contributed by atoms with Gasteiger partial charge in [-0.2, -0.15) is 0 Å². The fraction of sp³-hybridized carbons (Fsp3) is 0.364. The second-order valence-electron chi connectivity index (χ2n) is 3.68. The average Bonchev–Trinajstić information content (AvgIpc) is 2.08. The minimum absolute atomic E-state index is 0.0706. The summed E-state index contributed by atoms with van der Waals surface area (Å²) >= 11 is 2.27. The zero-order valence-corrected chi connectivity index (χ0v) is 11.0. The maximum absolute atomic E-state index is 10.7. The van der Waals surface area contributed by atoms with Crippen molar-refractivity contribution in [3.63, 3.8) is 0 Å². The zero-order chi connectivity index (χ0) is 11.4. The predicted octanol–water partition coefficient (Wildman–Crippen LogP) is 2.28. The van der Waals surface area contributed by atoms with Gasteiger partial charge in [0.05, 0.1) is 0 Å². The largest absolute Gasteiger partial charge is 0.382 e. The van der Waals surface area contributed by atoms with E-state index in [0.717, 1.165) is 5.69 Å². The molecule has 0 aliphatic heterocycles. The molecule has 1 atom stereocenters. The van der Waals surface area contributed by atoms with E-state index < -0.39 is 0 Å². The van der Waals surface area contributed by atoms with Gasteiger partial charge in [0.25, 0.3) is 0 Å². The van der Waals surface area contributed by atoms with Gasteiger partial charge in [-0.25, -0.2) is 0 Å². The number of anilines is 1. The summed E-state index contributed by atoms with van der Waals surface area (Å²) in [6.07, 6.45) is 0.353. The van der Waals surface area contributed by atoms with Crippen molar-refractivity contribution in [3.8, 4) is 0 Å². The summed E-state index contributed by atoms with van der Waals surface area (Å²) in [6, 6.07) is 6.22. The van der Waals surface area contributed by atoms with Crippen LogP contribution in [0.2, 0.25) is 0 Å². The minimum Gasteiger partial charge on any atom is -0.382 e. The quantitative estimate of drug-likeness (QED) is 0.837. The molecule has 0 radical (unpaired) electrons. The molecular formula is C11H15IN2O. The number of halogens is 1. The summed E-state index contributed by atoms with van der Waals surface area (Å²) in [5.74, 6) is -0.279. The van der Waals surface area contributed by atoms with E-state index in [1.54, 1.807) is 0 Å². The van der Waals surface area contributed by atoms with Crippen LogP contribution in [0.25, 0.3) is 0 Å². The number of carbonyl (C=O) groups is 1. The first-order valence-electron chi connectivity index (χ1n) is 4.80. The van der Waals surface area contributed by atoms with Gasteiger partial charge in [0.15, 0.2) is 0 Å². The molecule has 1 amide bonds. The Hall–Kier alpha value is -0.780. The van der Waals surface area contributed by atoms with Crippen LogP contribution in [0.1, 0.15) is 18.9 Å². The molecule has 4 heteroatoms. The van der Waals surface area contributed by atoms with Gasteiger partial charge in [-0.1, -0.05) is 0 Å². The molecule has 0 aromatic heterocycles. The van der Waals surface area contributed by atoms with Crippen LogP contribution in [0.5, 0.6) is 0 Å². The summed E-state index contributed by atoms with van der Waals surface area (Å²) in [5, 5.41) is 3.26. The summed E-state index contributed by atoms with van der Waals surface area (Å²) < 4.78 is 1.21. The molecule has 0 aliphatic rings. The van der Waals surface area contributed by atoms with E-state index in [1.807, 2.05) is 26.0 Å². The van der Waals surface area contributed by atoms with Crippen molar-refractivity contribution in [2.45, 2.75) is 26.3 Å². The SMILES string of the molecule is Cc1cc(I)ccc1N[C@H](C)CC(N)=O. The highest BCUT2D eigenvalue weighted by Gasteiger charge is 2.07. The van der Waals surface area contributed by atoms with Crippen molar-refractivity contribution in [1.82, 2.24) is 0 Å². The van der Waals surface area contributed by atoms with Gasteiger partial charge in [0.2, 0.25) is 5.91 Å². The van der Waals surface area contributed by atoms with Gasteiger partial charge in [0, 0.05) is 21.7 Å². The van der Waals surface area contributed by atoms with Crippen LogP contribution in [0.15, 0.2) is 18.2 Å². The molecule has 1 rings (SSSR count). The third-order valence-corrected chi connectivity index (χ3v) is 2.77. The lowest BCUT2D eigenvalue weighted by Gasteiger charge is -2.15. The van der Waals surface area contributed by atoms with Crippen LogP contribution in [0, 0.1) is 10.5 Å². The Kier molecular flexibility index (Phi) is 4.38. The molecule has 0 saturated carbocycles. The fourth-order valence-electron chi connectivity index (χ4n) is 1.41. The highest BCUT2D eigenvalue weighted by Crippen LogP contribution is 2.18. The van der Waals surface area contributed by atoms with Gasteiger partial charge in [-0.05, 0) is 60.2 Å². The number of benzene rings is 1. The fourth-order valence-corrected chi connectivity index (χ4v) is 2.05. The maximum Gasteiger partial charge on any atom is 0.219 e. The summed E-state index contributed by atoms with van der Waals surface area (Å²) in [4.78, 5) is 10.7. The molecule has 0 spiro atoms. The van der Waals surface area contributed by atoms with Gasteiger partial charge in [0.1, 0.15) is 0 Å². The molecule has 3 N–H and O–H groups in total. The molecule has 3 nitrogen and oxygen atoms in total. The monoisotopic (exact) mass is 318 g/mol. The second-order valence-corrected chi connectivity index (χ2v) is 4.92. The molecule has 82 valence electrons. The number of nitrogens with one attached hydrogen (secondary N) is 1. The van der Waals surface area contributed by atoms with Gasteiger partial charge < -0.3 is 11.1 Å². The van der Waals surface area contributed by atoms with Crippen LogP contribution in [-0.4, -0.2) is 11.9 Å². The number of carbonyl (C=O) groups excluding carboxylic acids is 1. The highest BCUT2D eigenvalue weighted by atomic mass is 127. The first-order valence-corrected chi connectivity index (χ1v) is 5.88. The number of aryl methyl sites for hydroxylation is 1. The van der Waals surface area contributed by atoms with Crippen molar-refractivity contribution in [3.05, 3.63) is 27.3 Å². The Labute approximate surface area is 104 Å². The average molecular weight is 318 g/mol. The number of nitrogens with two attached hydrogens (primary N) is 1. The lowest BCUT2D eigenvalue weighted by atomic mass is 10.1. The van der Waals surface area contributed by atoms with Crippen molar-refractivity contribution in [1.29, 1.82) is 0 Å². The molecule has 0 unspecified atom stereocenters. The van der Waals surface area contributed by atoms with Gasteiger partial charge >= 0.3 is 0 Å². The molecular weight excluding hydrogens is 303 g/mol. The Balaban J connectivity index is 2.68. The van der Waals surface area contributed by atoms with Crippen LogP contribution < -0.4 is 11.1 Å². The van der Waals surface area contributed by atoms with Crippen molar-refractivity contribution in [2.75, 3.05) is 5.32 Å². The Morgan fingerprint density at radius 2 is 2.27 bits per heavy atom. The molecule has 1 aromatic carbocycles. The van der Waals surface area contributed by atoms with E-state index in [2.05, 4.69) is 34.0 Å². The smallest absolute Gasteiger partial charge is 0.219 e. The Morgan fingerprint density at radius 1 is 1.60 bits per heavy atom. The molecule has 1 aromatic rings. The Bertz CT molecular complexity index is 366. The van der Waals surface area contributed by atoms with Crippen LogP contribution in [-0.2, 0) is 4.79 Å². The van der Waals surface area contributed by atoms with E-state index in [-0.39, 0.29) is 11.9 Å². The van der Waals surface area contributed by atoms with Gasteiger partial charge in [-0.15, -0.1) is 0 Å². The second kappa shape index (κ2) is 5.34. The number of hydrogen-bond donors (Lipinski definition) is 2. The van der Waals surface area contributed by atoms with E-state index in [0.29, 0.717) is 6.42 Å². The number of hydrogen-bond acceptors (Lipinski definition) is 2. The van der Waals surface area contributed by atoms with E-state index in [1.165, 1.54) is 9.13 Å². The topological polar surface area (TPSA) is 55.1 Å². The van der Waals surface area contributed by atoms with Crippen LogP contribution in [0.4, 0.5) is 5.69 Å². The van der Waals surface area contributed by atoms with Gasteiger partial charge in [-0.3, -0.25) is 4.79 Å². The molecule has 0 saturated heterocycles. The third kappa shape index (κ3) is 4.07. The van der Waals surface area contributed by atoms with Crippen molar-refractivity contribution in [2.24, 2.45) is 5.73 Å². The van der Waals surface area contributed by atoms with Crippen molar-refractivity contribution < 1.29 is 4.79 Å². The van der Waals surface area contributed by atoms with E-state index in [9.17, 15) is 4.79 Å². The lowest BCUT2D eigenvalue weighted by Crippen LogP contribution is -2.24. The predicted molar refractivity (Wildman–Crippen MR) is 70.8 cm³/mol. The molecule has 0 heterocycles. The third-order valence-electron chi connectivity index (χ3n) is 2.10. The maximum atomic E-state index is 10.7. The number of primary amides is 1. The van der Waals surface area contributed by atoms with Crippen LogP contribution in [0.3, 0.4) is 0 Å². The summed E-state index contributed by atoms with van der Waals surface area (Å²) in [6.45, 7) is 3.99. The molecule has 0 bridgehead atoms. The number of amides is 1. The molecule has 15 heavy (non-hydrogen) atoms. The standard InChI is InChI=1S/C11H15IN2O/c1-7-5-9(12)3-4-10(7)14-8(2)6-11(13)15/h3-5,8,14H,6H2,1-2H3,(H2,13,15)/t8-/m1/s1. The minimum atomic E-state index is -0.279. The van der Waals surface area contributed by atoms with Crippen LogP contribution >= 0.6 is 22.6 Å². The zero-order valence-electron chi connectivity index (χ0n) is 8.88. The van der Waals surface area contributed by atoms with Crippen molar-refractivity contribution >= 4 is 34.2 Å². The molecule has 0 fully saturated rings. The first kappa shape index (κ1) is 12.3. The first-order chi connectivity index (χ1) is 6.99. The lowest BCUT2D eigenvalue weighted by molar-refractivity contribution is -0.118. The highest BCUT2D eigenvalue weighted by molar-refractivity contribution is 14.1. The summed E-state index contributed by atoms with van der Waals surface area (Å²) in [7, 11) is 0. The summed E-state index contributed by atoms with van der Waals surface area (Å²) in [5.41, 5.74) is 7.37. The number of rotatable bonds is 4. The normalized spacial score (nSPS) is 12.2. The molecule has 0 aliphatic carbocycles.